The van der Waals surface area contributed by atoms with Crippen molar-refractivity contribution in [2.24, 2.45) is 0 Å². The normalized spacial score (nSPS) is 11.9. The van der Waals surface area contributed by atoms with Crippen LogP contribution in [0, 0.1) is 6.92 Å². The molecule has 0 radical (unpaired) electrons. The number of para-hydroxylation sites is 1. The highest BCUT2D eigenvalue weighted by Crippen LogP contribution is 2.42. The van der Waals surface area contributed by atoms with Crippen molar-refractivity contribution in [3.05, 3.63) is 86.9 Å². The fourth-order valence-electron chi connectivity index (χ4n) is 3.75. The number of carbonyl (C=O) groups excluding carboxylic acids is 2. The standard InChI is InChI=1S/C24H18Cl2F5N7O2/c1-12-7-14(25)9-15(20(39)32-2)19(12)33-21(40)18-8-13(10-37(18)17-6-4-3-5-16(17)26)11-38-35-22(34-36-38)23(27,28)24(29,30)31/h3-10H,11H2,1-2H3,(H,32,39)(H,33,40). The Morgan fingerprint density at radius 3 is 2.38 bits per heavy atom. The number of rotatable bonds is 7. The van der Waals surface area contributed by atoms with Gasteiger partial charge in [0.15, 0.2) is 0 Å². The summed E-state index contributed by atoms with van der Waals surface area (Å²) in [6.07, 6.45) is -4.50. The first-order valence-electron chi connectivity index (χ1n) is 11.3. The maximum Gasteiger partial charge on any atom is 0.461 e. The number of hydrogen-bond acceptors (Lipinski definition) is 5. The molecule has 16 heteroatoms. The van der Waals surface area contributed by atoms with Crippen LogP contribution < -0.4 is 10.6 Å². The Morgan fingerprint density at radius 2 is 1.73 bits per heavy atom. The minimum atomic E-state index is -5.91. The lowest BCUT2D eigenvalue weighted by Crippen LogP contribution is -2.35. The predicted molar refractivity (Wildman–Crippen MR) is 135 cm³/mol. The third-order valence-corrected chi connectivity index (χ3v) is 6.18. The molecule has 2 aromatic heterocycles. The van der Waals surface area contributed by atoms with E-state index in [1.807, 2.05) is 0 Å². The summed E-state index contributed by atoms with van der Waals surface area (Å²) >= 11 is 12.4. The van der Waals surface area contributed by atoms with E-state index < -0.39 is 36.3 Å². The molecule has 0 atom stereocenters. The van der Waals surface area contributed by atoms with E-state index in [2.05, 4.69) is 26.0 Å². The number of hydrogen-bond donors (Lipinski definition) is 2. The summed E-state index contributed by atoms with van der Waals surface area (Å²) in [6, 6.07) is 10.7. The highest BCUT2D eigenvalue weighted by atomic mass is 35.5. The lowest BCUT2D eigenvalue weighted by atomic mass is 10.1. The number of benzene rings is 2. The molecule has 2 aromatic carbocycles. The highest BCUT2D eigenvalue weighted by Gasteiger charge is 2.62. The number of aryl methyl sites for hydroxylation is 1. The van der Waals surface area contributed by atoms with Crippen LogP contribution in [0.1, 0.15) is 37.8 Å². The molecule has 0 unspecified atom stereocenters. The maximum absolute atomic E-state index is 13.6. The molecular weight excluding hydrogens is 584 g/mol. The zero-order chi connectivity index (χ0) is 29.4. The van der Waals surface area contributed by atoms with Gasteiger partial charge in [-0.15, -0.1) is 10.2 Å². The van der Waals surface area contributed by atoms with E-state index in [1.165, 1.54) is 29.9 Å². The monoisotopic (exact) mass is 601 g/mol. The highest BCUT2D eigenvalue weighted by molar-refractivity contribution is 6.32. The van der Waals surface area contributed by atoms with Gasteiger partial charge in [-0.2, -0.15) is 26.7 Å². The zero-order valence-corrected chi connectivity index (χ0v) is 22.0. The van der Waals surface area contributed by atoms with E-state index in [9.17, 15) is 31.5 Å². The smallest absolute Gasteiger partial charge is 0.355 e. The van der Waals surface area contributed by atoms with Crippen LogP contribution in [0.4, 0.5) is 27.6 Å². The minimum Gasteiger partial charge on any atom is -0.355 e. The van der Waals surface area contributed by atoms with Crippen molar-refractivity contribution >= 4 is 40.7 Å². The summed E-state index contributed by atoms with van der Waals surface area (Å²) in [5, 5.41) is 15.0. The van der Waals surface area contributed by atoms with Crippen LogP contribution in [-0.4, -0.2) is 49.8 Å². The molecule has 9 nitrogen and oxygen atoms in total. The lowest BCUT2D eigenvalue weighted by Gasteiger charge is -2.15. The van der Waals surface area contributed by atoms with Gasteiger partial charge in [-0.3, -0.25) is 9.59 Å². The molecule has 0 aliphatic heterocycles. The summed E-state index contributed by atoms with van der Waals surface area (Å²) in [6.45, 7) is 1.22. The van der Waals surface area contributed by atoms with Gasteiger partial charge < -0.3 is 15.2 Å². The molecule has 4 rings (SSSR count). The van der Waals surface area contributed by atoms with Crippen LogP contribution in [0.2, 0.25) is 10.0 Å². The molecule has 2 amide bonds. The number of halogens is 7. The average molecular weight is 602 g/mol. The third-order valence-electron chi connectivity index (χ3n) is 5.65. The summed E-state index contributed by atoms with van der Waals surface area (Å²) in [7, 11) is 1.41. The van der Waals surface area contributed by atoms with Crippen LogP contribution in [0.5, 0.6) is 0 Å². The van der Waals surface area contributed by atoms with Gasteiger partial charge >= 0.3 is 12.1 Å². The number of amides is 2. The molecule has 210 valence electrons. The summed E-state index contributed by atoms with van der Waals surface area (Å²) in [5.41, 5.74) is 1.35. The number of tetrazole rings is 1. The fraction of sp³-hybridized carbons (Fsp3) is 0.208. The van der Waals surface area contributed by atoms with E-state index in [1.54, 1.807) is 37.3 Å². The van der Waals surface area contributed by atoms with Crippen molar-refractivity contribution in [1.29, 1.82) is 0 Å². The molecule has 0 saturated carbocycles. The molecule has 0 saturated heterocycles. The van der Waals surface area contributed by atoms with Crippen molar-refractivity contribution in [3.63, 3.8) is 0 Å². The molecule has 2 heterocycles. The summed E-state index contributed by atoms with van der Waals surface area (Å²) < 4.78 is 66.7. The summed E-state index contributed by atoms with van der Waals surface area (Å²) in [4.78, 5) is 26.5. The van der Waals surface area contributed by atoms with E-state index in [-0.39, 0.29) is 32.6 Å². The van der Waals surface area contributed by atoms with Gasteiger partial charge in [0.05, 0.1) is 28.5 Å². The third kappa shape index (κ3) is 5.63. The van der Waals surface area contributed by atoms with E-state index in [0.717, 1.165) is 0 Å². The molecule has 40 heavy (non-hydrogen) atoms. The second-order valence-corrected chi connectivity index (χ2v) is 9.29. The van der Waals surface area contributed by atoms with Gasteiger partial charge in [-0.05, 0) is 53.6 Å². The molecule has 0 fully saturated rings. The van der Waals surface area contributed by atoms with E-state index in [4.69, 9.17) is 23.2 Å². The van der Waals surface area contributed by atoms with Crippen molar-refractivity contribution in [2.75, 3.05) is 12.4 Å². The largest absolute Gasteiger partial charge is 0.461 e. The Hall–Kier alpha value is -4.04. The average Bonchev–Trinajstić information content (AvgIpc) is 3.52. The minimum absolute atomic E-state index is 0.0127. The van der Waals surface area contributed by atoms with E-state index in [0.29, 0.717) is 16.0 Å². The van der Waals surface area contributed by atoms with Crippen LogP contribution >= 0.6 is 23.2 Å². The zero-order valence-electron chi connectivity index (χ0n) is 20.5. The lowest BCUT2D eigenvalue weighted by molar-refractivity contribution is -0.292. The molecule has 2 N–H and O–H groups in total. The Balaban J connectivity index is 1.74. The molecule has 0 bridgehead atoms. The van der Waals surface area contributed by atoms with Crippen LogP contribution in [-0.2, 0) is 12.5 Å². The van der Waals surface area contributed by atoms with Crippen molar-refractivity contribution in [2.45, 2.75) is 25.6 Å². The van der Waals surface area contributed by atoms with Crippen LogP contribution in [0.15, 0.2) is 48.7 Å². The van der Waals surface area contributed by atoms with Gasteiger partial charge in [0.25, 0.3) is 17.6 Å². The van der Waals surface area contributed by atoms with E-state index >= 15 is 0 Å². The van der Waals surface area contributed by atoms with Gasteiger partial charge in [-0.25, -0.2) is 0 Å². The second-order valence-electron chi connectivity index (χ2n) is 8.45. The number of nitrogens with one attached hydrogen (secondary N) is 2. The Labute approximate surface area is 232 Å². The van der Waals surface area contributed by atoms with Gasteiger partial charge in [0.1, 0.15) is 5.69 Å². The number of nitrogens with zero attached hydrogens (tertiary/aromatic N) is 5. The quantitative estimate of drug-likeness (QED) is 0.276. The predicted octanol–water partition coefficient (Wildman–Crippen LogP) is 5.39. The van der Waals surface area contributed by atoms with Crippen molar-refractivity contribution < 1.29 is 31.5 Å². The SMILES string of the molecule is CNC(=O)c1cc(Cl)cc(C)c1NC(=O)c1cc(Cn2nnc(C(F)(F)C(F)(F)F)n2)cn1-c1ccccc1Cl. The molecular formula is C24H18Cl2F5N7O2. The van der Waals surface area contributed by atoms with Crippen molar-refractivity contribution in [1.82, 2.24) is 30.1 Å². The van der Waals surface area contributed by atoms with Crippen LogP contribution in [0.25, 0.3) is 5.69 Å². The molecule has 0 aliphatic rings. The second kappa shape index (κ2) is 10.8. The number of anilines is 1. The Kier molecular flexibility index (Phi) is 7.85. The number of alkyl halides is 5. The molecule has 0 spiro atoms. The van der Waals surface area contributed by atoms with Gasteiger partial charge in [0.2, 0.25) is 0 Å². The topological polar surface area (TPSA) is 107 Å². The Morgan fingerprint density at radius 1 is 1.02 bits per heavy atom. The first-order valence-corrected chi connectivity index (χ1v) is 12.0. The Bertz CT molecular complexity index is 1600. The van der Waals surface area contributed by atoms with Crippen molar-refractivity contribution in [3.8, 4) is 5.69 Å². The fourth-order valence-corrected chi connectivity index (χ4v) is 4.25. The number of aromatic nitrogens is 5. The maximum atomic E-state index is 13.6. The van der Waals surface area contributed by atoms with Crippen LogP contribution in [0.3, 0.4) is 0 Å². The number of carbonyl (C=O) groups is 2. The summed E-state index contributed by atoms with van der Waals surface area (Å²) in [5.74, 6) is -8.33. The van der Waals surface area contributed by atoms with Gasteiger partial charge in [-0.1, -0.05) is 35.3 Å². The first kappa shape index (κ1) is 29.0. The van der Waals surface area contributed by atoms with Gasteiger partial charge in [0, 0.05) is 18.3 Å². The first-order chi connectivity index (χ1) is 18.7. The molecule has 4 aromatic rings. The molecule has 0 aliphatic carbocycles.